The van der Waals surface area contributed by atoms with Crippen LogP contribution in [0.3, 0.4) is 0 Å². The van der Waals surface area contributed by atoms with Gasteiger partial charge in [0, 0.05) is 43.0 Å². The molecule has 0 radical (unpaired) electrons. The normalized spacial score (nSPS) is 15.6. The topological polar surface area (TPSA) is 82.4 Å². The van der Waals surface area contributed by atoms with Crippen molar-refractivity contribution < 1.29 is 19.4 Å². The summed E-state index contributed by atoms with van der Waals surface area (Å²) in [6, 6.07) is 15.1. The Kier molecular flexibility index (Phi) is 5.83. The number of amides is 1. The van der Waals surface area contributed by atoms with Crippen LogP contribution in [0.4, 0.5) is 4.79 Å². The van der Waals surface area contributed by atoms with E-state index in [1.165, 1.54) is 10.1 Å². The van der Waals surface area contributed by atoms with E-state index in [-0.39, 0.29) is 18.3 Å². The highest BCUT2D eigenvalue weighted by atomic mass is 32.1. The first-order valence-corrected chi connectivity index (χ1v) is 11.6. The third-order valence-electron chi connectivity index (χ3n) is 5.91. The maximum absolute atomic E-state index is 12.7. The average Bonchev–Trinajstić information content (AvgIpc) is 3.30. The number of hydrogen-bond acceptors (Lipinski definition) is 6. The third kappa shape index (κ3) is 4.75. The van der Waals surface area contributed by atoms with Gasteiger partial charge in [-0.25, -0.2) is 14.6 Å². The summed E-state index contributed by atoms with van der Waals surface area (Å²) in [4.78, 5) is 32.1. The van der Waals surface area contributed by atoms with Crippen LogP contribution in [-0.4, -0.2) is 52.9 Å². The van der Waals surface area contributed by atoms with E-state index in [2.05, 4.69) is 33.5 Å². The number of aliphatic imine (C=N–C) groups is 1. The summed E-state index contributed by atoms with van der Waals surface area (Å²) in [6.07, 6.45) is 2.24. The van der Waals surface area contributed by atoms with E-state index in [0.717, 1.165) is 22.4 Å². The molecule has 0 spiro atoms. The fourth-order valence-electron chi connectivity index (χ4n) is 4.12. The summed E-state index contributed by atoms with van der Waals surface area (Å²) in [5.41, 5.74) is 4.41. The molecule has 0 atom stereocenters. The number of carbonyl (C=O) groups is 2. The Balaban J connectivity index is 1.17. The van der Waals surface area contributed by atoms with Gasteiger partial charge >= 0.3 is 12.1 Å². The number of nitrogens with zero attached hydrogens (tertiary/aromatic N) is 3. The van der Waals surface area contributed by atoms with Crippen LogP contribution in [0.5, 0.6) is 0 Å². The Morgan fingerprint density at radius 1 is 1.06 bits per heavy atom. The Bertz CT molecular complexity index is 1260. The monoisotopic (exact) mass is 461 g/mol. The summed E-state index contributed by atoms with van der Waals surface area (Å²) in [7, 11) is 0. The molecular weight excluding hydrogens is 438 g/mol. The minimum atomic E-state index is -0.933. The van der Waals surface area contributed by atoms with Gasteiger partial charge in [-0.05, 0) is 51.7 Å². The van der Waals surface area contributed by atoms with Crippen LogP contribution < -0.4 is 0 Å². The molecule has 1 N–H and O–H groups in total. The van der Waals surface area contributed by atoms with Gasteiger partial charge in [0.2, 0.25) is 0 Å². The lowest BCUT2D eigenvalue weighted by Gasteiger charge is -2.34. The van der Waals surface area contributed by atoms with Crippen molar-refractivity contribution in [3.05, 3.63) is 81.9 Å². The molecule has 0 bridgehead atoms. The molecule has 2 aliphatic rings. The number of hydrogen-bond donors (Lipinski definition) is 1. The van der Waals surface area contributed by atoms with E-state index in [4.69, 9.17) is 9.84 Å². The smallest absolute Gasteiger partial charge is 0.410 e. The molecule has 0 fully saturated rings. The van der Waals surface area contributed by atoms with E-state index in [9.17, 15) is 9.59 Å². The molecule has 3 aromatic rings. The molecule has 168 valence electrons. The highest BCUT2D eigenvalue weighted by Crippen LogP contribution is 2.25. The number of fused-ring (bicyclic) bond motifs is 1. The average molecular weight is 462 g/mol. The molecule has 0 saturated heterocycles. The van der Waals surface area contributed by atoms with Gasteiger partial charge in [0.15, 0.2) is 0 Å². The van der Waals surface area contributed by atoms with Crippen LogP contribution >= 0.6 is 11.3 Å². The zero-order valence-electron chi connectivity index (χ0n) is 17.9. The second-order valence-electron chi connectivity index (χ2n) is 8.22. The van der Waals surface area contributed by atoms with Crippen LogP contribution in [0.15, 0.2) is 70.2 Å². The van der Waals surface area contributed by atoms with E-state index >= 15 is 0 Å². The molecule has 2 aromatic carbocycles. The summed E-state index contributed by atoms with van der Waals surface area (Å²) in [6.45, 7) is 2.65. The molecule has 8 heteroatoms. The lowest BCUT2D eigenvalue weighted by molar-refractivity contribution is 0.0696. The number of carbonyl (C=O) groups excluding carboxylic acids is 1. The van der Waals surface area contributed by atoms with Gasteiger partial charge in [-0.1, -0.05) is 24.3 Å². The van der Waals surface area contributed by atoms with Crippen molar-refractivity contribution in [1.82, 2.24) is 9.80 Å². The van der Waals surface area contributed by atoms with E-state index in [1.54, 1.807) is 28.4 Å². The van der Waals surface area contributed by atoms with Crippen LogP contribution in [0.1, 0.15) is 27.9 Å². The van der Waals surface area contributed by atoms with Gasteiger partial charge in [-0.2, -0.15) is 0 Å². The number of rotatable bonds is 5. The SMILES string of the molecule is O=C(O)c1ccc(CN2C=NC3=C(C2)CN(C(=O)OCc2ccc4ccsc4c2)CC3)cc1. The van der Waals surface area contributed by atoms with Crippen molar-refractivity contribution in [3.63, 3.8) is 0 Å². The number of aromatic carboxylic acids is 1. The van der Waals surface area contributed by atoms with Crippen LogP contribution in [-0.2, 0) is 17.9 Å². The van der Waals surface area contributed by atoms with Crippen LogP contribution in [0.25, 0.3) is 10.1 Å². The van der Waals surface area contributed by atoms with Gasteiger partial charge in [0.05, 0.1) is 11.9 Å². The molecule has 33 heavy (non-hydrogen) atoms. The van der Waals surface area contributed by atoms with Gasteiger partial charge in [0.1, 0.15) is 6.61 Å². The summed E-state index contributed by atoms with van der Waals surface area (Å²) >= 11 is 1.68. The molecule has 1 amide bonds. The fourth-order valence-corrected chi connectivity index (χ4v) is 4.97. The van der Waals surface area contributed by atoms with E-state index < -0.39 is 5.97 Å². The number of carboxylic acid groups (broad SMARTS) is 1. The molecule has 5 rings (SSSR count). The lowest BCUT2D eigenvalue weighted by atomic mass is 10.0. The summed E-state index contributed by atoms with van der Waals surface area (Å²) in [5, 5.41) is 12.3. The molecule has 0 aliphatic carbocycles. The highest BCUT2D eigenvalue weighted by Gasteiger charge is 2.26. The van der Waals surface area contributed by atoms with Gasteiger partial charge in [-0.3, -0.25) is 0 Å². The van der Waals surface area contributed by atoms with Crippen LogP contribution in [0.2, 0.25) is 0 Å². The molecule has 7 nitrogen and oxygen atoms in total. The number of benzene rings is 2. The van der Waals surface area contributed by atoms with Gasteiger partial charge < -0.3 is 19.6 Å². The van der Waals surface area contributed by atoms with E-state index in [0.29, 0.717) is 32.6 Å². The van der Waals surface area contributed by atoms with Crippen molar-refractivity contribution in [2.75, 3.05) is 19.6 Å². The number of thiophene rings is 1. The quantitative estimate of drug-likeness (QED) is 0.594. The highest BCUT2D eigenvalue weighted by molar-refractivity contribution is 7.17. The zero-order chi connectivity index (χ0) is 22.8. The molecule has 2 aliphatic heterocycles. The first-order chi connectivity index (χ1) is 16.0. The van der Waals surface area contributed by atoms with Crippen molar-refractivity contribution in [2.45, 2.75) is 19.6 Å². The number of carboxylic acids is 1. The second-order valence-corrected chi connectivity index (χ2v) is 9.17. The summed E-state index contributed by atoms with van der Waals surface area (Å²) < 4.78 is 6.78. The fraction of sp³-hybridized carbons (Fsp3) is 0.240. The minimum Gasteiger partial charge on any atom is -0.478 e. The molecule has 1 aromatic heterocycles. The van der Waals surface area contributed by atoms with Crippen molar-refractivity contribution >= 4 is 39.8 Å². The molecule has 0 unspecified atom stereocenters. The van der Waals surface area contributed by atoms with Crippen molar-refractivity contribution in [2.24, 2.45) is 4.99 Å². The lowest BCUT2D eigenvalue weighted by Crippen LogP contribution is -2.41. The Hall–Kier alpha value is -3.65. The maximum Gasteiger partial charge on any atom is 0.410 e. The molecule has 3 heterocycles. The predicted octanol–water partition coefficient (Wildman–Crippen LogP) is 4.74. The first-order valence-electron chi connectivity index (χ1n) is 10.7. The molecular formula is C25H23N3O4S. The third-order valence-corrected chi connectivity index (χ3v) is 6.79. The zero-order valence-corrected chi connectivity index (χ0v) is 18.8. The molecule has 0 saturated carbocycles. The van der Waals surface area contributed by atoms with Gasteiger partial charge in [-0.15, -0.1) is 11.3 Å². The Morgan fingerprint density at radius 2 is 1.88 bits per heavy atom. The largest absolute Gasteiger partial charge is 0.478 e. The first kappa shape index (κ1) is 21.2. The minimum absolute atomic E-state index is 0.256. The Morgan fingerprint density at radius 3 is 2.70 bits per heavy atom. The maximum atomic E-state index is 12.7. The van der Waals surface area contributed by atoms with E-state index in [1.807, 2.05) is 24.5 Å². The van der Waals surface area contributed by atoms with Crippen molar-refractivity contribution in [1.29, 1.82) is 0 Å². The second kappa shape index (κ2) is 9.07. The number of ether oxygens (including phenoxy) is 1. The summed E-state index contributed by atoms with van der Waals surface area (Å²) in [5.74, 6) is -0.933. The van der Waals surface area contributed by atoms with Gasteiger partial charge in [0.25, 0.3) is 0 Å². The predicted molar refractivity (Wildman–Crippen MR) is 128 cm³/mol. The van der Waals surface area contributed by atoms with Crippen molar-refractivity contribution in [3.8, 4) is 0 Å². The van der Waals surface area contributed by atoms with Crippen LogP contribution in [0, 0.1) is 0 Å². The Labute approximate surface area is 195 Å². The standard InChI is InChI=1S/C25H23N3O4S/c29-24(30)20-5-1-17(2-6-20)12-27-13-21-14-28(9-7-22(21)26-16-27)25(31)32-15-18-3-4-19-8-10-33-23(19)11-18/h1-6,8,10-11,16H,7,9,12-15H2,(H,29,30).